The minimum absolute atomic E-state index is 0.301. The minimum Gasteiger partial charge on any atom is -0.465 e. The number of hydrogen-bond donors (Lipinski definition) is 1. The predicted octanol–water partition coefficient (Wildman–Crippen LogP) is 3.45. The molecule has 1 aliphatic heterocycles. The van der Waals surface area contributed by atoms with Gasteiger partial charge in [-0.25, -0.2) is 9.78 Å². The fourth-order valence-electron chi connectivity index (χ4n) is 3.05. The van der Waals surface area contributed by atoms with Crippen molar-refractivity contribution in [2.24, 2.45) is 0 Å². The molecule has 1 saturated heterocycles. The second-order valence-electron chi connectivity index (χ2n) is 5.71. The number of aromatic amines is 1. The molecular formula is C16H21N3O2S. The molecule has 0 unspecified atom stereocenters. The van der Waals surface area contributed by atoms with Crippen molar-refractivity contribution in [1.82, 2.24) is 9.97 Å². The smallest absolute Gasteiger partial charge is 0.339 e. The van der Waals surface area contributed by atoms with Crippen LogP contribution in [0.4, 0.5) is 5.13 Å². The van der Waals surface area contributed by atoms with E-state index in [4.69, 9.17) is 9.72 Å². The van der Waals surface area contributed by atoms with Gasteiger partial charge in [-0.1, -0.05) is 0 Å². The summed E-state index contributed by atoms with van der Waals surface area (Å²) < 4.78 is 4.88. The van der Waals surface area contributed by atoms with Gasteiger partial charge in [0.1, 0.15) is 5.69 Å². The van der Waals surface area contributed by atoms with Crippen LogP contribution in [0.15, 0.2) is 0 Å². The first-order chi connectivity index (χ1) is 10.5. The zero-order valence-corrected chi connectivity index (χ0v) is 14.3. The molecule has 3 rings (SSSR count). The zero-order chi connectivity index (χ0) is 15.9. The van der Waals surface area contributed by atoms with Gasteiger partial charge in [-0.2, -0.15) is 0 Å². The van der Waals surface area contributed by atoms with Gasteiger partial charge in [-0.05, 0) is 39.2 Å². The number of carbonyl (C=O) groups is 1. The normalized spacial score (nSPS) is 14.6. The number of thiazole rings is 1. The molecule has 0 bridgehead atoms. The van der Waals surface area contributed by atoms with Gasteiger partial charge in [0.25, 0.3) is 0 Å². The summed E-state index contributed by atoms with van der Waals surface area (Å²) in [5, 5.41) is 1.08. The first kappa shape index (κ1) is 15.1. The molecule has 0 radical (unpaired) electrons. The molecule has 3 heterocycles. The lowest BCUT2D eigenvalue weighted by Crippen LogP contribution is -2.17. The highest BCUT2D eigenvalue weighted by molar-refractivity contribution is 7.16. The first-order valence-electron chi connectivity index (χ1n) is 7.53. The predicted molar refractivity (Wildman–Crippen MR) is 88.9 cm³/mol. The Kier molecular flexibility index (Phi) is 3.95. The number of nitrogens with zero attached hydrogens (tertiary/aromatic N) is 2. The summed E-state index contributed by atoms with van der Waals surface area (Å²) in [6.45, 7) is 8.09. The van der Waals surface area contributed by atoms with E-state index in [0.717, 1.165) is 40.9 Å². The summed E-state index contributed by atoms with van der Waals surface area (Å²) in [5.74, 6) is -0.301. The maximum Gasteiger partial charge on any atom is 0.339 e. The summed E-state index contributed by atoms with van der Waals surface area (Å²) >= 11 is 1.72. The molecule has 1 fully saturated rings. The average molecular weight is 319 g/mol. The fraction of sp³-hybridized carbons (Fsp3) is 0.500. The number of aromatic nitrogens is 2. The number of aryl methyl sites for hydroxylation is 2. The first-order valence-corrected chi connectivity index (χ1v) is 8.34. The third-order valence-corrected chi connectivity index (χ3v) is 5.26. The second-order valence-corrected chi connectivity index (χ2v) is 6.89. The molecule has 0 aromatic carbocycles. The number of hydrogen-bond acceptors (Lipinski definition) is 5. The highest BCUT2D eigenvalue weighted by Gasteiger charge is 2.24. The van der Waals surface area contributed by atoms with Crippen LogP contribution >= 0.6 is 11.3 Å². The molecule has 2 aromatic heterocycles. The Morgan fingerprint density at radius 3 is 2.59 bits per heavy atom. The highest BCUT2D eigenvalue weighted by atomic mass is 32.1. The van der Waals surface area contributed by atoms with Crippen molar-refractivity contribution in [2.75, 3.05) is 25.1 Å². The van der Waals surface area contributed by atoms with E-state index in [1.165, 1.54) is 24.8 Å². The zero-order valence-electron chi connectivity index (χ0n) is 13.4. The molecule has 0 atom stereocenters. The van der Waals surface area contributed by atoms with Crippen molar-refractivity contribution in [3.63, 3.8) is 0 Å². The van der Waals surface area contributed by atoms with Gasteiger partial charge in [0.15, 0.2) is 5.13 Å². The van der Waals surface area contributed by atoms with E-state index in [-0.39, 0.29) is 5.97 Å². The maximum absolute atomic E-state index is 11.9. The standard InChI is InChI=1S/C16H21N3O2S/c1-9-12(15(20)21-4)10(2)17-13(9)14-11(3)22-16(18-14)19-7-5-6-8-19/h17H,5-8H2,1-4H3. The van der Waals surface area contributed by atoms with Crippen molar-refractivity contribution in [1.29, 1.82) is 0 Å². The minimum atomic E-state index is -0.301. The van der Waals surface area contributed by atoms with Crippen LogP contribution < -0.4 is 4.90 Å². The van der Waals surface area contributed by atoms with Crippen LogP contribution in [-0.2, 0) is 4.74 Å². The number of esters is 1. The third-order valence-electron chi connectivity index (χ3n) is 4.23. The summed E-state index contributed by atoms with van der Waals surface area (Å²) in [5.41, 5.74) is 4.23. The Balaban J connectivity index is 2.03. The molecular weight excluding hydrogens is 298 g/mol. The lowest BCUT2D eigenvalue weighted by Gasteiger charge is -2.12. The lowest BCUT2D eigenvalue weighted by molar-refractivity contribution is 0.0599. The van der Waals surface area contributed by atoms with Gasteiger partial charge >= 0.3 is 5.97 Å². The number of carbonyl (C=O) groups excluding carboxylic acids is 1. The Morgan fingerprint density at radius 1 is 1.27 bits per heavy atom. The third kappa shape index (κ3) is 2.41. The number of ether oxygens (including phenoxy) is 1. The largest absolute Gasteiger partial charge is 0.465 e. The molecule has 0 amide bonds. The van der Waals surface area contributed by atoms with E-state index in [9.17, 15) is 4.79 Å². The molecule has 118 valence electrons. The van der Waals surface area contributed by atoms with Crippen LogP contribution in [0, 0.1) is 20.8 Å². The van der Waals surface area contributed by atoms with Crippen LogP contribution in [0.25, 0.3) is 11.4 Å². The molecule has 6 heteroatoms. The molecule has 1 N–H and O–H groups in total. The van der Waals surface area contributed by atoms with E-state index < -0.39 is 0 Å². The Bertz CT molecular complexity index is 711. The van der Waals surface area contributed by atoms with Crippen molar-refractivity contribution in [3.8, 4) is 11.4 Å². The van der Waals surface area contributed by atoms with E-state index in [0.29, 0.717) is 5.56 Å². The molecule has 0 spiro atoms. The van der Waals surface area contributed by atoms with Crippen molar-refractivity contribution < 1.29 is 9.53 Å². The second kappa shape index (κ2) is 5.76. The van der Waals surface area contributed by atoms with Gasteiger partial charge in [-0.15, -0.1) is 11.3 Å². The molecule has 2 aromatic rings. The molecule has 0 saturated carbocycles. The summed E-state index contributed by atoms with van der Waals surface area (Å²) in [4.78, 5) is 23.6. The van der Waals surface area contributed by atoms with Crippen molar-refractivity contribution in [2.45, 2.75) is 33.6 Å². The van der Waals surface area contributed by atoms with E-state index in [1.54, 1.807) is 11.3 Å². The monoisotopic (exact) mass is 319 g/mol. The van der Waals surface area contributed by atoms with Crippen molar-refractivity contribution in [3.05, 3.63) is 21.7 Å². The van der Waals surface area contributed by atoms with Crippen LogP contribution in [-0.4, -0.2) is 36.1 Å². The van der Waals surface area contributed by atoms with Crippen molar-refractivity contribution >= 4 is 22.4 Å². The SMILES string of the molecule is COC(=O)c1c(C)[nH]c(-c2nc(N3CCCC3)sc2C)c1C. The maximum atomic E-state index is 11.9. The number of H-pyrrole nitrogens is 1. The number of rotatable bonds is 3. The molecule has 1 aliphatic rings. The summed E-state index contributed by atoms with van der Waals surface area (Å²) in [7, 11) is 1.41. The Labute approximate surface area is 134 Å². The number of methoxy groups -OCH3 is 1. The lowest BCUT2D eigenvalue weighted by atomic mass is 10.1. The Morgan fingerprint density at radius 2 is 1.95 bits per heavy atom. The van der Waals surface area contributed by atoms with E-state index in [2.05, 4.69) is 16.8 Å². The topological polar surface area (TPSA) is 58.2 Å². The fourth-order valence-corrected chi connectivity index (χ4v) is 4.02. The highest BCUT2D eigenvalue weighted by Crippen LogP contribution is 2.36. The van der Waals surface area contributed by atoms with Crippen LogP contribution in [0.2, 0.25) is 0 Å². The van der Waals surface area contributed by atoms with Gasteiger partial charge in [0.05, 0.1) is 18.4 Å². The molecule has 22 heavy (non-hydrogen) atoms. The quantitative estimate of drug-likeness (QED) is 0.880. The van der Waals surface area contributed by atoms with Crippen LogP contribution in [0.5, 0.6) is 0 Å². The van der Waals surface area contributed by atoms with Gasteiger partial charge in [-0.3, -0.25) is 0 Å². The summed E-state index contributed by atoms with van der Waals surface area (Å²) in [6.07, 6.45) is 2.47. The Hall–Kier alpha value is -1.82. The van der Waals surface area contributed by atoms with Crippen LogP contribution in [0.1, 0.15) is 39.3 Å². The summed E-state index contributed by atoms with van der Waals surface area (Å²) in [6, 6.07) is 0. The van der Waals surface area contributed by atoms with E-state index >= 15 is 0 Å². The van der Waals surface area contributed by atoms with Crippen LogP contribution in [0.3, 0.4) is 0 Å². The number of anilines is 1. The van der Waals surface area contributed by atoms with Gasteiger partial charge in [0.2, 0.25) is 0 Å². The number of nitrogens with one attached hydrogen (secondary N) is 1. The average Bonchev–Trinajstić information content (AvgIpc) is 3.18. The molecule has 0 aliphatic carbocycles. The van der Waals surface area contributed by atoms with Gasteiger partial charge in [0, 0.05) is 23.7 Å². The van der Waals surface area contributed by atoms with Gasteiger partial charge < -0.3 is 14.6 Å². The molecule has 5 nitrogen and oxygen atoms in total. The van der Waals surface area contributed by atoms with E-state index in [1.807, 2.05) is 13.8 Å².